The Hall–Kier alpha value is -2.21. The molecule has 0 bridgehead atoms. The number of aromatic carboxylic acids is 1. The molecule has 2 N–H and O–H groups in total. The average molecular weight is 274 g/mol. The molecule has 0 aliphatic carbocycles. The van der Waals surface area contributed by atoms with Gasteiger partial charge in [-0.1, -0.05) is 0 Å². The van der Waals surface area contributed by atoms with Gasteiger partial charge in [-0.2, -0.15) is 0 Å². The number of rotatable bonds is 5. The van der Waals surface area contributed by atoms with Gasteiger partial charge in [0.2, 0.25) is 0 Å². The van der Waals surface area contributed by atoms with Crippen LogP contribution in [0.15, 0.2) is 24.5 Å². The van der Waals surface area contributed by atoms with Crippen LogP contribution in [-0.2, 0) is 0 Å². The summed E-state index contributed by atoms with van der Waals surface area (Å²) in [5.41, 5.74) is 0.851. The van der Waals surface area contributed by atoms with Crippen LogP contribution in [-0.4, -0.2) is 52.6 Å². The summed E-state index contributed by atoms with van der Waals surface area (Å²) in [4.78, 5) is 21.4. The molecule has 0 fully saturated rings. The van der Waals surface area contributed by atoms with Gasteiger partial charge < -0.3 is 15.3 Å². The number of nitrogens with zero attached hydrogens (tertiary/aromatic N) is 3. The van der Waals surface area contributed by atoms with Gasteiger partial charge in [-0.05, 0) is 39.2 Å². The van der Waals surface area contributed by atoms with Crippen molar-refractivity contribution < 1.29 is 9.90 Å². The van der Waals surface area contributed by atoms with E-state index < -0.39 is 5.97 Å². The van der Waals surface area contributed by atoms with E-state index in [1.54, 1.807) is 18.2 Å². The first kappa shape index (κ1) is 14.2. The number of likely N-dealkylation sites (N-methyl/N-ethyl adjacent to an activating group) is 1. The largest absolute Gasteiger partial charge is 0.478 e. The summed E-state index contributed by atoms with van der Waals surface area (Å²) in [6, 6.07) is 5.22. The highest BCUT2D eigenvalue weighted by atomic mass is 16.4. The SMILES string of the molecule is CC(CNc1ncnc2cc(C(=O)O)ccc12)N(C)C. The highest BCUT2D eigenvalue weighted by molar-refractivity contribution is 5.96. The average Bonchev–Trinajstić information content (AvgIpc) is 2.43. The minimum atomic E-state index is -0.957. The number of benzene rings is 1. The first-order chi connectivity index (χ1) is 9.49. The van der Waals surface area contributed by atoms with Crippen LogP contribution >= 0.6 is 0 Å². The molecule has 0 amide bonds. The molecule has 1 unspecified atom stereocenters. The van der Waals surface area contributed by atoms with Crippen LogP contribution in [0.2, 0.25) is 0 Å². The molecule has 0 saturated carbocycles. The zero-order valence-corrected chi connectivity index (χ0v) is 11.8. The minimum Gasteiger partial charge on any atom is -0.478 e. The zero-order valence-electron chi connectivity index (χ0n) is 11.8. The molecule has 1 atom stereocenters. The first-order valence-corrected chi connectivity index (χ1v) is 6.37. The Bertz CT molecular complexity index is 628. The third kappa shape index (κ3) is 3.03. The number of hydrogen-bond acceptors (Lipinski definition) is 5. The fourth-order valence-electron chi connectivity index (χ4n) is 1.76. The van der Waals surface area contributed by atoms with Crippen LogP contribution < -0.4 is 5.32 Å². The van der Waals surface area contributed by atoms with Gasteiger partial charge in [-0.15, -0.1) is 0 Å². The predicted octanol–water partition coefficient (Wildman–Crippen LogP) is 1.69. The van der Waals surface area contributed by atoms with Gasteiger partial charge in [-0.3, -0.25) is 0 Å². The molecule has 2 aromatic rings. The van der Waals surface area contributed by atoms with Crippen molar-refractivity contribution in [2.45, 2.75) is 13.0 Å². The standard InChI is InChI=1S/C14H18N4O2/c1-9(18(2)3)7-15-13-11-5-4-10(14(19)20)6-12(11)16-8-17-13/h4-6,8-9H,7H2,1-3H3,(H,19,20)(H,15,16,17). The highest BCUT2D eigenvalue weighted by Crippen LogP contribution is 2.20. The minimum absolute atomic E-state index is 0.226. The molecule has 6 heteroatoms. The molecular formula is C14H18N4O2. The molecule has 106 valence electrons. The molecule has 0 aliphatic rings. The fraction of sp³-hybridized carbons (Fsp3) is 0.357. The maximum absolute atomic E-state index is 11.0. The molecule has 20 heavy (non-hydrogen) atoms. The Labute approximate surface area is 117 Å². The van der Waals surface area contributed by atoms with Gasteiger partial charge in [-0.25, -0.2) is 14.8 Å². The highest BCUT2D eigenvalue weighted by Gasteiger charge is 2.09. The summed E-state index contributed by atoms with van der Waals surface area (Å²) >= 11 is 0. The summed E-state index contributed by atoms with van der Waals surface area (Å²) in [5, 5.41) is 13.1. The third-order valence-corrected chi connectivity index (χ3v) is 3.33. The summed E-state index contributed by atoms with van der Waals surface area (Å²) in [6.07, 6.45) is 1.44. The van der Waals surface area contributed by atoms with Crippen molar-refractivity contribution in [1.29, 1.82) is 0 Å². The van der Waals surface area contributed by atoms with Crippen molar-refractivity contribution >= 4 is 22.7 Å². The van der Waals surface area contributed by atoms with Crippen LogP contribution in [0.5, 0.6) is 0 Å². The van der Waals surface area contributed by atoms with Gasteiger partial charge in [0.1, 0.15) is 12.1 Å². The number of carboxylic acids is 1. The van der Waals surface area contributed by atoms with Crippen LogP contribution in [0.3, 0.4) is 0 Å². The van der Waals surface area contributed by atoms with E-state index in [0.717, 1.165) is 17.7 Å². The lowest BCUT2D eigenvalue weighted by Gasteiger charge is -2.20. The van der Waals surface area contributed by atoms with Crippen LogP contribution in [0, 0.1) is 0 Å². The number of carboxylic acid groups (broad SMARTS) is 1. The summed E-state index contributed by atoms with van der Waals surface area (Å²) < 4.78 is 0. The van der Waals surface area contributed by atoms with Crippen molar-refractivity contribution in [2.75, 3.05) is 26.0 Å². The van der Waals surface area contributed by atoms with Gasteiger partial charge in [0, 0.05) is 18.0 Å². The van der Waals surface area contributed by atoms with E-state index in [1.807, 2.05) is 14.1 Å². The van der Waals surface area contributed by atoms with E-state index in [4.69, 9.17) is 5.11 Å². The van der Waals surface area contributed by atoms with Gasteiger partial charge in [0.15, 0.2) is 0 Å². The second-order valence-electron chi connectivity index (χ2n) is 4.95. The topological polar surface area (TPSA) is 78.3 Å². The van der Waals surface area contributed by atoms with Gasteiger partial charge >= 0.3 is 5.97 Å². The third-order valence-electron chi connectivity index (χ3n) is 3.33. The molecule has 1 heterocycles. The van der Waals surface area contributed by atoms with Crippen molar-refractivity contribution in [3.8, 4) is 0 Å². The Morgan fingerprint density at radius 2 is 2.15 bits per heavy atom. The van der Waals surface area contributed by atoms with E-state index in [-0.39, 0.29) is 5.56 Å². The number of hydrogen-bond donors (Lipinski definition) is 2. The number of nitrogens with one attached hydrogen (secondary N) is 1. The zero-order chi connectivity index (χ0) is 14.7. The smallest absolute Gasteiger partial charge is 0.335 e. The molecule has 0 radical (unpaired) electrons. The van der Waals surface area contributed by atoms with Crippen molar-refractivity contribution in [3.05, 3.63) is 30.1 Å². The van der Waals surface area contributed by atoms with Crippen molar-refractivity contribution in [1.82, 2.24) is 14.9 Å². The molecule has 1 aromatic carbocycles. The lowest BCUT2D eigenvalue weighted by Crippen LogP contribution is -2.31. The molecule has 1 aromatic heterocycles. The summed E-state index contributed by atoms with van der Waals surface area (Å²) in [6.45, 7) is 2.86. The first-order valence-electron chi connectivity index (χ1n) is 6.37. The van der Waals surface area contributed by atoms with Crippen molar-refractivity contribution in [2.24, 2.45) is 0 Å². The lowest BCUT2D eigenvalue weighted by atomic mass is 10.1. The van der Waals surface area contributed by atoms with E-state index >= 15 is 0 Å². The molecule has 0 aliphatic heterocycles. The second-order valence-corrected chi connectivity index (χ2v) is 4.95. The maximum atomic E-state index is 11.0. The van der Waals surface area contributed by atoms with E-state index in [1.165, 1.54) is 6.33 Å². The van der Waals surface area contributed by atoms with Gasteiger partial charge in [0.05, 0.1) is 11.1 Å². The second kappa shape index (κ2) is 5.83. The molecular weight excluding hydrogens is 256 g/mol. The van der Waals surface area contributed by atoms with Crippen LogP contribution in [0.1, 0.15) is 17.3 Å². The Balaban J connectivity index is 2.28. The van der Waals surface area contributed by atoms with Crippen LogP contribution in [0.4, 0.5) is 5.82 Å². The monoisotopic (exact) mass is 274 g/mol. The molecule has 0 spiro atoms. The van der Waals surface area contributed by atoms with Crippen LogP contribution in [0.25, 0.3) is 10.9 Å². The Morgan fingerprint density at radius 1 is 1.40 bits per heavy atom. The molecule has 6 nitrogen and oxygen atoms in total. The fourth-order valence-corrected chi connectivity index (χ4v) is 1.76. The number of anilines is 1. The normalized spacial score (nSPS) is 12.6. The summed E-state index contributed by atoms with van der Waals surface area (Å²) in [7, 11) is 4.03. The van der Waals surface area contributed by atoms with E-state index in [2.05, 4.69) is 27.1 Å². The number of aromatic nitrogens is 2. The lowest BCUT2D eigenvalue weighted by molar-refractivity contribution is 0.0697. The summed E-state index contributed by atoms with van der Waals surface area (Å²) in [5.74, 6) is -0.234. The molecule has 2 rings (SSSR count). The maximum Gasteiger partial charge on any atom is 0.335 e. The Morgan fingerprint density at radius 3 is 2.80 bits per heavy atom. The van der Waals surface area contributed by atoms with Gasteiger partial charge in [0.25, 0.3) is 0 Å². The predicted molar refractivity (Wildman–Crippen MR) is 78.1 cm³/mol. The number of carbonyl (C=O) groups is 1. The van der Waals surface area contributed by atoms with Crippen molar-refractivity contribution in [3.63, 3.8) is 0 Å². The number of fused-ring (bicyclic) bond motifs is 1. The Kier molecular flexibility index (Phi) is 4.14. The van der Waals surface area contributed by atoms with E-state index in [0.29, 0.717) is 11.6 Å². The molecule has 0 saturated heterocycles. The van der Waals surface area contributed by atoms with E-state index in [9.17, 15) is 4.79 Å². The quantitative estimate of drug-likeness (QED) is 0.864.